The summed E-state index contributed by atoms with van der Waals surface area (Å²) in [6.45, 7) is 2.68. The molecule has 5 aromatic rings. The lowest BCUT2D eigenvalue weighted by atomic mass is 10.0. The third kappa shape index (κ3) is 2.77. The second-order valence-corrected chi connectivity index (χ2v) is 6.86. The van der Waals surface area contributed by atoms with Crippen LogP contribution in [0.25, 0.3) is 33.5 Å². The van der Waals surface area contributed by atoms with Gasteiger partial charge in [0.2, 0.25) is 0 Å². The van der Waals surface area contributed by atoms with Crippen LogP contribution in [0.3, 0.4) is 0 Å². The minimum atomic E-state index is 0.594. The molecule has 0 aliphatic heterocycles. The van der Waals surface area contributed by atoms with Gasteiger partial charge in [0, 0.05) is 36.0 Å². The van der Waals surface area contributed by atoms with Crippen LogP contribution in [0, 0.1) is 6.92 Å². The highest BCUT2D eigenvalue weighted by atomic mass is 15.4. The molecule has 7 heteroatoms. The van der Waals surface area contributed by atoms with E-state index < -0.39 is 0 Å². The molecule has 4 heterocycles. The van der Waals surface area contributed by atoms with E-state index >= 15 is 0 Å². The van der Waals surface area contributed by atoms with Gasteiger partial charge in [-0.15, -0.1) is 0 Å². The number of nitrogens with zero attached hydrogens (tertiary/aromatic N) is 6. The summed E-state index contributed by atoms with van der Waals surface area (Å²) < 4.78 is 2.13. The number of H-pyrrole nitrogens is 1. The van der Waals surface area contributed by atoms with Crippen LogP contribution in [-0.4, -0.2) is 34.5 Å². The van der Waals surface area contributed by atoms with Crippen LogP contribution < -0.4 is 0 Å². The summed E-state index contributed by atoms with van der Waals surface area (Å²) >= 11 is 0. The highest BCUT2D eigenvalue weighted by Crippen LogP contribution is 2.35. The van der Waals surface area contributed by atoms with Gasteiger partial charge >= 0.3 is 0 Å². The Bertz CT molecular complexity index is 1260. The second kappa shape index (κ2) is 6.45. The predicted octanol–water partition coefficient (Wildman–Crippen LogP) is 3.58. The lowest BCUT2D eigenvalue weighted by Gasteiger charge is -2.11. The zero-order valence-corrected chi connectivity index (χ0v) is 15.7. The highest BCUT2D eigenvalue weighted by molar-refractivity contribution is 5.95. The zero-order valence-electron chi connectivity index (χ0n) is 15.7. The van der Waals surface area contributed by atoms with Gasteiger partial charge in [0.15, 0.2) is 0 Å². The number of hydrogen-bond acceptors (Lipinski definition) is 4. The molecule has 0 spiro atoms. The van der Waals surface area contributed by atoms with Crippen LogP contribution in [-0.2, 0) is 13.6 Å². The summed E-state index contributed by atoms with van der Waals surface area (Å²) in [6.07, 6.45) is 7.40. The molecule has 0 fully saturated rings. The number of rotatable bonds is 4. The molecule has 0 unspecified atom stereocenters. The van der Waals surface area contributed by atoms with E-state index in [9.17, 15) is 0 Å². The van der Waals surface area contributed by atoms with E-state index in [4.69, 9.17) is 4.98 Å². The van der Waals surface area contributed by atoms with Gasteiger partial charge in [-0.3, -0.25) is 0 Å². The normalized spacial score (nSPS) is 11.4. The first-order chi connectivity index (χ1) is 13.7. The van der Waals surface area contributed by atoms with Crippen molar-refractivity contribution < 1.29 is 0 Å². The summed E-state index contributed by atoms with van der Waals surface area (Å²) in [6, 6.07) is 12.5. The summed E-state index contributed by atoms with van der Waals surface area (Å²) in [5.74, 6) is 0. The van der Waals surface area contributed by atoms with E-state index in [0.717, 1.165) is 39.2 Å². The zero-order chi connectivity index (χ0) is 19.1. The number of aryl methyl sites for hydroxylation is 2. The second-order valence-electron chi connectivity index (χ2n) is 6.86. The van der Waals surface area contributed by atoms with E-state index in [2.05, 4.69) is 62.0 Å². The van der Waals surface area contributed by atoms with Crippen molar-refractivity contribution in [2.75, 3.05) is 0 Å². The van der Waals surface area contributed by atoms with Crippen molar-refractivity contribution >= 4 is 11.0 Å². The summed E-state index contributed by atoms with van der Waals surface area (Å²) in [7, 11) is 1.82. The van der Waals surface area contributed by atoms with Crippen molar-refractivity contribution in [3.05, 3.63) is 72.6 Å². The fourth-order valence-electron chi connectivity index (χ4n) is 3.51. The number of aromatic nitrogens is 7. The molecular weight excluding hydrogens is 350 g/mol. The van der Waals surface area contributed by atoms with E-state index in [1.54, 1.807) is 11.0 Å². The molecule has 0 saturated heterocycles. The average Bonchev–Trinajstić information content (AvgIpc) is 3.42. The van der Waals surface area contributed by atoms with Gasteiger partial charge in [-0.25, -0.2) is 9.97 Å². The molecule has 0 saturated carbocycles. The molecule has 7 nitrogen and oxygen atoms in total. The lowest BCUT2D eigenvalue weighted by molar-refractivity contribution is 0.637. The van der Waals surface area contributed by atoms with E-state index in [1.807, 2.05) is 31.8 Å². The Balaban J connectivity index is 1.72. The molecule has 5 rings (SSSR count). The molecule has 0 amide bonds. The first kappa shape index (κ1) is 16.4. The third-order valence-corrected chi connectivity index (χ3v) is 4.86. The van der Waals surface area contributed by atoms with Gasteiger partial charge in [-0.05, 0) is 19.1 Å². The molecular formula is C21H19N7. The van der Waals surface area contributed by atoms with Crippen molar-refractivity contribution in [1.82, 2.24) is 34.5 Å². The number of aromatic amines is 1. The summed E-state index contributed by atoms with van der Waals surface area (Å²) in [5, 5.41) is 9.68. The Hall–Kier alpha value is -3.74. The highest BCUT2D eigenvalue weighted by Gasteiger charge is 2.18. The van der Waals surface area contributed by atoms with E-state index in [0.29, 0.717) is 6.54 Å². The van der Waals surface area contributed by atoms with Crippen LogP contribution in [0.4, 0.5) is 0 Å². The van der Waals surface area contributed by atoms with Crippen LogP contribution >= 0.6 is 0 Å². The van der Waals surface area contributed by atoms with Gasteiger partial charge in [-0.2, -0.15) is 15.0 Å². The fourth-order valence-corrected chi connectivity index (χ4v) is 3.51. The smallest absolute Gasteiger partial charge is 0.137 e. The Morgan fingerprint density at radius 3 is 2.68 bits per heavy atom. The van der Waals surface area contributed by atoms with Crippen molar-refractivity contribution in [2.45, 2.75) is 13.5 Å². The SMILES string of the molecule is Cc1ccc(-c2ncn(Cc3cnn(C)n3)c2-c2ccnc3[nH]ccc23)cc1. The summed E-state index contributed by atoms with van der Waals surface area (Å²) in [4.78, 5) is 14.0. The Kier molecular flexibility index (Phi) is 3.79. The maximum absolute atomic E-state index is 4.76. The van der Waals surface area contributed by atoms with Crippen molar-refractivity contribution in [1.29, 1.82) is 0 Å². The van der Waals surface area contributed by atoms with Gasteiger partial charge in [-0.1, -0.05) is 29.8 Å². The first-order valence-electron chi connectivity index (χ1n) is 9.09. The predicted molar refractivity (Wildman–Crippen MR) is 108 cm³/mol. The molecule has 0 aliphatic rings. The minimum absolute atomic E-state index is 0.594. The van der Waals surface area contributed by atoms with Gasteiger partial charge in [0.1, 0.15) is 11.3 Å². The molecule has 28 heavy (non-hydrogen) atoms. The standard InChI is InChI=1S/C21H19N7/c1-14-3-5-15(6-4-14)19-20(17-7-9-22-21-18(17)8-10-23-21)28(13-24-19)12-16-11-25-27(2)26-16/h3-11,13H,12H2,1-2H3,(H,22,23). The molecule has 0 bridgehead atoms. The van der Waals surface area contributed by atoms with Crippen molar-refractivity contribution in [2.24, 2.45) is 7.05 Å². The number of nitrogens with one attached hydrogen (secondary N) is 1. The molecule has 1 aromatic carbocycles. The maximum Gasteiger partial charge on any atom is 0.137 e. The molecule has 0 radical (unpaired) electrons. The number of hydrogen-bond donors (Lipinski definition) is 1. The summed E-state index contributed by atoms with van der Waals surface area (Å²) in [5.41, 5.74) is 7.12. The van der Waals surface area contributed by atoms with E-state index in [1.165, 1.54) is 5.56 Å². The van der Waals surface area contributed by atoms with Crippen molar-refractivity contribution in [3.8, 4) is 22.5 Å². The van der Waals surface area contributed by atoms with Gasteiger partial charge < -0.3 is 9.55 Å². The fraction of sp³-hybridized carbons (Fsp3) is 0.143. The Morgan fingerprint density at radius 1 is 1.04 bits per heavy atom. The van der Waals surface area contributed by atoms with E-state index in [-0.39, 0.29) is 0 Å². The molecule has 0 aliphatic carbocycles. The number of benzene rings is 1. The van der Waals surface area contributed by atoms with Crippen molar-refractivity contribution in [3.63, 3.8) is 0 Å². The number of fused-ring (bicyclic) bond motifs is 1. The minimum Gasteiger partial charge on any atom is -0.346 e. The Labute approximate surface area is 161 Å². The topological polar surface area (TPSA) is 77.2 Å². The Morgan fingerprint density at radius 2 is 1.89 bits per heavy atom. The van der Waals surface area contributed by atoms with Crippen LogP contribution in [0.15, 0.2) is 61.3 Å². The molecule has 138 valence electrons. The monoisotopic (exact) mass is 369 g/mol. The molecule has 4 aromatic heterocycles. The number of pyridine rings is 1. The van der Waals surface area contributed by atoms with Gasteiger partial charge in [0.05, 0.1) is 30.5 Å². The maximum atomic E-state index is 4.76. The van der Waals surface area contributed by atoms with Gasteiger partial charge in [0.25, 0.3) is 0 Å². The average molecular weight is 369 g/mol. The first-order valence-corrected chi connectivity index (χ1v) is 9.09. The van der Waals surface area contributed by atoms with Crippen LogP contribution in [0.2, 0.25) is 0 Å². The third-order valence-electron chi connectivity index (χ3n) is 4.86. The molecule has 1 N–H and O–H groups in total. The van der Waals surface area contributed by atoms with Crippen LogP contribution in [0.1, 0.15) is 11.3 Å². The largest absolute Gasteiger partial charge is 0.346 e. The molecule has 0 atom stereocenters. The quantitative estimate of drug-likeness (QED) is 0.525. The lowest BCUT2D eigenvalue weighted by Crippen LogP contribution is -2.03. The van der Waals surface area contributed by atoms with Crippen LogP contribution in [0.5, 0.6) is 0 Å². The number of imidazole rings is 1.